The highest BCUT2D eigenvalue weighted by atomic mass is 19.1. The summed E-state index contributed by atoms with van der Waals surface area (Å²) in [5, 5.41) is 4.95. The molecule has 2 aromatic rings. The van der Waals surface area contributed by atoms with Gasteiger partial charge in [0.1, 0.15) is 18.2 Å². The predicted octanol–water partition coefficient (Wildman–Crippen LogP) is 1.27. The molecule has 9 nitrogen and oxygen atoms in total. The van der Waals surface area contributed by atoms with Gasteiger partial charge < -0.3 is 15.8 Å². The highest BCUT2D eigenvalue weighted by Crippen LogP contribution is 2.34. The number of halogens is 2. The van der Waals surface area contributed by atoms with Gasteiger partial charge in [0.15, 0.2) is 12.6 Å². The number of alkyl halides is 1. The molecule has 1 aliphatic heterocycles. The molecule has 1 aromatic carbocycles. The fourth-order valence-electron chi connectivity index (χ4n) is 2.92. The van der Waals surface area contributed by atoms with Crippen molar-refractivity contribution in [3.8, 4) is 17.7 Å². The lowest BCUT2D eigenvalue weighted by Crippen LogP contribution is -2.46. The van der Waals surface area contributed by atoms with Crippen molar-refractivity contribution in [1.29, 1.82) is 0 Å². The van der Waals surface area contributed by atoms with Gasteiger partial charge in [0.25, 0.3) is 5.91 Å². The first kappa shape index (κ1) is 21.6. The second-order valence-electron chi connectivity index (χ2n) is 6.66. The molecule has 0 aliphatic carbocycles. The SMILES string of the molecule is CC1(c2cc(NC(=O)c3cnc(OCC#CCF)cn3)ccc2F)CC(=O)NC(N)=N1. The lowest BCUT2D eigenvalue weighted by atomic mass is 9.87. The summed E-state index contributed by atoms with van der Waals surface area (Å²) in [6, 6.07) is 3.91. The number of benzene rings is 1. The molecule has 0 radical (unpaired) electrons. The number of aromatic nitrogens is 2. The summed E-state index contributed by atoms with van der Waals surface area (Å²) in [7, 11) is 0. The zero-order valence-electron chi connectivity index (χ0n) is 16.4. The molecule has 4 N–H and O–H groups in total. The maximum atomic E-state index is 14.5. The Morgan fingerprint density at radius 3 is 2.84 bits per heavy atom. The number of carbonyl (C=O) groups excluding carboxylic acids is 2. The number of aliphatic imine (C=N–C) groups is 1. The third kappa shape index (κ3) is 5.30. The summed E-state index contributed by atoms with van der Waals surface area (Å²) in [5.41, 5.74) is 4.75. The largest absolute Gasteiger partial charge is 0.463 e. The van der Waals surface area contributed by atoms with Crippen LogP contribution in [0.1, 0.15) is 29.4 Å². The topological polar surface area (TPSA) is 132 Å². The standard InChI is InChI=1S/C20H18F2N6O3/c1-20(9-16(29)27-19(23)28-20)13-8-12(4-5-14(13)22)26-18(30)15-10-25-17(11-24-15)31-7-3-2-6-21/h4-5,8,10-11H,6-7,9H2,1H3,(H,26,30)(H3,23,27,28,29). The molecule has 2 amide bonds. The van der Waals surface area contributed by atoms with E-state index in [-0.39, 0.29) is 41.8 Å². The molecule has 0 bridgehead atoms. The number of guanidine groups is 1. The van der Waals surface area contributed by atoms with Crippen molar-refractivity contribution < 1.29 is 23.1 Å². The van der Waals surface area contributed by atoms with Gasteiger partial charge in [-0.2, -0.15) is 0 Å². The first-order valence-electron chi connectivity index (χ1n) is 9.04. The van der Waals surface area contributed by atoms with Gasteiger partial charge in [0, 0.05) is 11.3 Å². The molecule has 11 heteroatoms. The third-order valence-corrected chi connectivity index (χ3v) is 4.29. The van der Waals surface area contributed by atoms with Crippen molar-refractivity contribution in [2.45, 2.75) is 18.9 Å². The molecule has 1 aromatic heterocycles. The Labute approximate surface area is 176 Å². The van der Waals surface area contributed by atoms with Gasteiger partial charge >= 0.3 is 0 Å². The summed E-state index contributed by atoms with van der Waals surface area (Å²) < 4.78 is 31.5. The van der Waals surface area contributed by atoms with Gasteiger partial charge in [-0.05, 0) is 25.1 Å². The average molecular weight is 428 g/mol. The van der Waals surface area contributed by atoms with Crippen molar-refractivity contribution in [3.63, 3.8) is 0 Å². The molecule has 3 rings (SSSR count). The van der Waals surface area contributed by atoms with E-state index in [2.05, 4.69) is 37.4 Å². The maximum absolute atomic E-state index is 14.5. The fraction of sp³-hybridized carbons (Fsp3) is 0.250. The molecule has 1 atom stereocenters. The van der Waals surface area contributed by atoms with E-state index in [1.54, 1.807) is 6.92 Å². The number of rotatable bonds is 5. The van der Waals surface area contributed by atoms with E-state index >= 15 is 0 Å². The van der Waals surface area contributed by atoms with Crippen molar-refractivity contribution in [3.05, 3.63) is 47.7 Å². The van der Waals surface area contributed by atoms with Gasteiger partial charge in [-0.3, -0.25) is 14.9 Å². The van der Waals surface area contributed by atoms with Gasteiger partial charge in [-0.25, -0.2) is 23.7 Å². The van der Waals surface area contributed by atoms with Crippen LogP contribution in [0.3, 0.4) is 0 Å². The summed E-state index contributed by atoms with van der Waals surface area (Å²) in [4.78, 5) is 36.3. The highest BCUT2D eigenvalue weighted by Gasteiger charge is 2.35. The molecule has 1 aliphatic rings. The van der Waals surface area contributed by atoms with Gasteiger partial charge in [-0.1, -0.05) is 11.8 Å². The Morgan fingerprint density at radius 2 is 2.16 bits per heavy atom. The van der Waals surface area contributed by atoms with E-state index in [1.165, 1.54) is 24.5 Å². The Balaban J connectivity index is 1.74. The Hall–Kier alpha value is -4.07. The lowest BCUT2D eigenvalue weighted by Gasteiger charge is -2.30. The second-order valence-corrected chi connectivity index (χ2v) is 6.66. The van der Waals surface area contributed by atoms with E-state index in [0.29, 0.717) is 0 Å². The molecule has 160 valence electrons. The van der Waals surface area contributed by atoms with Gasteiger partial charge in [0.2, 0.25) is 11.8 Å². The number of amides is 2. The summed E-state index contributed by atoms with van der Waals surface area (Å²) in [5.74, 6) is 3.06. The highest BCUT2D eigenvalue weighted by molar-refractivity contribution is 6.03. The van der Waals surface area contributed by atoms with Crippen LogP contribution >= 0.6 is 0 Å². The quantitative estimate of drug-likeness (QED) is 0.615. The monoisotopic (exact) mass is 428 g/mol. The predicted molar refractivity (Wildman–Crippen MR) is 107 cm³/mol. The van der Waals surface area contributed by atoms with E-state index in [4.69, 9.17) is 10.5 Å². The summed E-state index contributed by atoms with van der Waals surface area (Å²) in [6.07, 6.45) is 2.31. The first-order valence-corrected chi connectivity index (χ1v) is 9.04. The minimum atomic E-state index is -1.22. The molecule has 0 fully saturated rings. The van der Waals surface area contributed by atoms with Crippen LogP contribution in [-0.2, 0) is 10.3 Å². The normalized spacial score (nSPS) is 17.6. The van der Waals surface area contributed by atoms with E-state index in [1.807, 2.05) is 0 Å². The Bertz CT molecular complexity index is 1090. The Kier molecular flexibility index (Phi) is 6.40. The van der Waals surface area contributed by atoms with Crippen molar-refractivity contribution in [1.82, 2.24) is 15.3 Å². The minimum absolute atomic E-state index is 0.0152. The van der Waals surface area contributed by atoms with Crippen LogP contribution in [0, 0.1) is 17.7 Å². The number of nitrogens with one attached hydrogen (secondary N) is 2. The van der Waals surface area contributed by atoms with Crippen molar-refractivity contribution >= 4 is 23.5 Å². The van der Waals surface area contributed by atoms with E-state index < -0.39 is 29.8 Å². The number of carbonyl (C=O) groups is 2. The number of hydrogen-bond acceptors (Lipinski definition) is 7. The number of ether oxygens (including phenoxy) is 1. The van der Waals surface area contributed by atoms with Crippen LogP contribution in [0.25, 0.3) is 0 Å². The van der Waals surface area contributed by atoms with Crippen molar-refractivity contribution in [2.75, 3.05) is 18.6 Å². The second kappa shape index (κ2) is 9.17. The lowest BCUT2D eigenvalue weighted by molar-refractivity contribution is -0.121. The van der Waals surface area contributed by atoms with Crippen LogP contribution < -0.4 is 21.1 Å². The van der Waals surface area contributed by atoms with Crippen LogP contribution in [0.15, 0.2) is 35.6 Å². The molecular formula is C20H18F2N6O3. The maximum Gasteiger partial charge on any atom is 0.275 e. The van der Waals surface area contributed by atoms with Crippen LogP contribution in [-0.4, -0.2) is 41.0 Å². The van der Waals surface area contributed by atoms with Crippen LogP contribution in [0.5, 0.6) is 5.88 Å². The molecular weight excluding hydrogens is 410 g/mol. The summed E-state index contributed by atoms with van der Waals surface area (Å²) in [6.45, 7) is 0.738. The minimum Gasteiger partial charge on any atom is -0.463 e. The zero-order valence-corrected chi connectivity index (χ0v) is 16.4. The first-order chi connectivity index (χ1) is 14.8. The fourth-order valence-corrected chi connectivity index (χ4v) is 2.92. The van der Waals surface area contributed by atoms with E-state index in [9.17, 15) is 18.4 Å². The third-order valence-electron chi connectivity index (χ3n) is 4.29. The Morgan fingerprint density at radius 1 is 1.35 bits per heavy atom. The molecule has 0 spiro atoms. The van der Waals surface area contributed by atoms with Crippen molar-refractivity contribution in [2.24, 2.45) is 10.7 Å². The molecule has 0 saturated carbocycles. The summed E-state index contributed by atoms with van der Waals surface area (Å²) >= 11 is 0. The molecule has 31 heavy (non-hydrogen) atoms. The van der Waals surface area contributed by atoms with Crippen LogP contribution in [0.4, 0.5) is 14.5 Å². The average Bonchev–Trinajstić information content (AvgIpc) is 2.72. The van der Waals surface area contributed by atoms with E-state index in [0.717, 1.165) is 6.07 Å². The van der Waals surface area contributed by atoms with Crippen LogP contribution in [0.2, 0.25) is 0 Å². The number of anilines is 1. The zero-order chi connectivity index (χ0) is 22.4. The molecule has 2 heterocycles. The van der Waals surface area contributed by atoms with Gasteiger partial charge in [0.05, 0.1) is 24.4 Å². The smallest absolute Gasteiger partial charge is 0.275 e. The number of nitrogens with two attached hydrogens (primary N) is 1. The number of hydrogen-bond donors (Lipinski definition) is 3. The van der Waals surface area contributed by atoms with Gasteiger partial charge in [-0.15, -0.1) is 0 Å². The number of nitrogens with zero attached hydrogens (tertiary/aromatic N) is 3. The molecule has 1 unspecified atom stereocenters. The molecule has 0 saturated heterocycles.